The lowest BCUT2D eigenvalue weighted by molar-refractivity contribution is 0.349. The van der Waals surface area contributed by atoms with Crippen LogP contribution in [0.1, 0.15) is 25.3 Å². The lowest BCUT2D eigenvalue weighted by atomic mass is 9.90. The molecule has 2 rings (SSSR count). The molecule has 4 nitrogen and oxygen atoms in total. The van der Waals surface area contributed by atoms with E-state index in [-0.39, 0.29) is 0 Å². The summed E-state index contributed by atoms with van der Waals surface area (Å²) in [4.78, 5) is 6.38. The van der Waals surface area contributed by atoms with Crippen LogP contribution in [0, 0.1) is 17.2 Å². The number of aromatic nitrogens is 1. The smallest absolute Gasteiger partial charge is 0.101 e. The molecule has 1 fully saturated rings. The van der Waals surface area contributed by atoms with Crippen molar-refractivity contribution in [3.63, 3.8) is 0 Å². The Morgan fingerprint density at radius 1 is 1.65 bits per heavy atom. The molecular weight excluding hydrogens is 212 g/mol. The first kappa shape index (κ1) is 11.9. The van der Waals surface area contributed by atoms with Gasteiger partial charge in [-0.15, -0.1) is 0 Å². The SMILES string of the molecule is CC1CCCN(c2cnccc2C#N)C1CN. The van der Waals surface area contributed by atoms with Gasteiger partial charge in [-0.05, 0) is 24.8 Å². The molecule has 0 spiro atoms. The first-order chi connectivity index (χ1) is 8.27. The average Bonchev–Trinajstić information content (AvgIpc) is 2.38. The summed E-state index contributed by atoms with van der Waals surface area (Å²) in [6, 6.07) is 4.32. The van der Waals surface area contributed by atoms with Crippen LogP contribution >= 0.6 is 0 Å². The maximum Gasteiger partial charge on any atom is 0.101 e. The van der Waals surface area contributed by atoms with Gasteiger partial charge in [0.05, 0.1) is 17.4 Å². The fourth-order valence-electron chi connectivity index (χ4n) is 2.62. The Balaban J connectivity index is 2.34. The highest BCUT2D eigenvalue weighted by Crippen LogP contribution is 2.29. The molecular formula is C13H18N4. The molecule has 0 saturated carbocycles. The molecule has 0 aliphatic carbocycles. The Morgan fingerprint density at radius 2 is 2.47 bits per heavy atom. The van der Waals surface area contributed by atoms with Crippen LogP contribution in [0.4, 0.5) is 5.69 Å². The second kappa shape index (κ2) is 5.15. The first-order valence-electron chi connectivity index (χ1n) is 6.08. The van der Waals surface area contributed by atoms with Crippen molar-refractivity contribution in [1.29, 1.82) is 5.26 Å². The molecule has 2 heterocycles. The number of pyridine rings is 1. The number of piperidine rings is 1. The number of rotatable bonds is 2. The summed E-state index contributed by atoms with van der Waals surface area (Å²) in [5.41, 5.74) is 7.48. The summed E-state index contributed by atoms with van der Waals surface area (Å²) in [7, 11) is 0. The summed E-state index contributed by atoms with van der Waals surface area (Å²) in [5.74, 6) is 0.570. The molecule has 90 valence electrons. The van der Waals surface area contributed by atoms with Crippen molar-refractivity contribution >= 4 is 5.69 Å². The van der Waals surface area contributed by atoms with Crippen LogP contribution in [0.5, 0.6) is 0 Å². The van der Waals surface area contributed by atoms with Crippen LogP contribution in [-0.4, -0.2) is 24.1 Å². The molecule has 1 aliphatic rings. The second-order valence-electron chi connectivity index (χ2n) is 4.62. The molecule has 2 unspecified atom stereocenters. The third-order valence-corrected chi connectivity index (χ3v) is 3.59. The molecule has 1 aliphatic heterocycles. The van der Waals surface area contributed by atoms with Crippen molar-refractivity contribution < 1.29 is 0 Å². The van der Waals surface area contributed by atoms with Gasteiger partial charge in [0.1, 0.15) is 6.07 Å². The van der Waals surface area contributed by atoms with Crippen molar-refractivity contribution in [2.45, 2.75) is 25.8 Å². The minimum atomic E-state index is 0.319. The van der Waals surface area contributed by atoms with E-state index in [1.54, 1.807) is 18.5 Å². The number of hydrogen-bond acceptors (Lipinski definition) is 4. The van der Waals surface area contributed by atoms with Crippen molar-refractivity contribution in [3.8, 4) is 6.07 Å². The van der Waals surface area contributed by atoms with E-state index < -0.39 is 0 Å². The van der Waals surface area contributed by atoms with Gasteiger partial charge in [-0.25, -0.2) is 0 Å². The molecule has 1 aromatic heterocycles. The normalized spacial score (nSPS) is 24.4. The standard InChI is InChI=1S/C13H18N4/c1-10-3-2-6-17(12(10)8-15)13-9-16-5-4-11(13)7-14/h4-5,9-10,12H,2-3,6,8,15H2,1H3. The Labute approximate surface area is 102 Å². The summed E-state index contributed by atoms with van der Waals surface area (Å²) < 4.78 is 0. The van der Waals surface area contributed by atoms with Gasteiger partial charge >= 0.3 is 0 Å². The maximum absolute atomic E-state index is 9.14. The Morgan fingerprint density at radius 3 is 3.18 bits per heavy atom. The van der Waals surface area contributed by atoms with Gasteiger partial charge in [0.2, 0.25) is 0 Å². The van der Waals surface area contributed by atoms with Crippen molar-refractivity contribution in [3.05, 3.63) is 24.0 Å². The van der Waals surface area contributed by atoms with Gasteiger partial charge in [0.25, 0.3) is 0 Å². The van der Waals surface area contributed by atoms with Crippen LogP contribution in [0.2, 0.25) is 0 Å². The van der Waals surface area contributed by atoms with Gasteiger partial charge in [0, 0.05) is 25.3 Å². The lowest BCUT2D eigenvalue weighted by Gasteiger charge is -2.41. The topological polar surface area (TPSA) is 65.9 Å². The highest BCUT2D eigenvalue weighted by molar-refractivity contribution is 5.58. The fraction of sp³-hybridized carbons (Fsp3) is 0.538. The van der Waals surface area contributed by atoms with Crippen LogP contribution < -0.4 is 10.6 Å². The van der Waals surface area contributed by atoms with E-state index in [1.165, 1.54) is 6.42 Å². The molecule has 1 aromatic rings. The van der Waals surface area contributed by atoms with Gasteiger partial charge in [-0.1, -0.05) is 6.92 Å². The molecule has 4 heteroatoms. The molecule has 0 aromatic carbocycles. The maximum atomic E-state index is 9.14. The molecule has 1 saturated heterocycles. The summed E-state index contributed by atoms with van der Waals surface area (Å²) >= 11 is 0. The van der Waals surface area contributed by atoms with E-state index in [9.17, 15) is 0 Å². The highest BCUT2D eigenvalue weighted by atomic mass is 15.2. The van der Waals surface area contributed by atoms with Gasteiger partial charge < -0.3 is 10.6 Å². The van der Waals surface area contributed by atoms with Crippen LogP contribution in [0.25, 0.3) is 0 Å². The summed E-state index contributed by atoms with van der Waals surface area (Å²) in [5, 5.41) is 9.14. The van der Waals surface area contributed by atoms with Crippen molar-refractivity contribution in [2.75, 3.05) is 18.0 Å². The van der Waals surface area contributed by atoms with Gasteiger partial charge in [-0.2, -0.15) is 5.26 Å². The Kier molecular flexibility index (Phi) is 3.60. The van der Waals surface area contributed by atoms with Crippen LogP contribution in [-0.2, 0) is 0 Å². The Bertz CT molecular complexity index is 424. The number of nitriles is 1. The zero-order valence-electron chi connectivity index (χ0n) is 10.1. The first-order valence-corrected chi connectivity index (χ1v) is 6.08. The Hall–Kier alpha value is -1.60. The number of nitrogens with two attached hydrogens (primary N) is 1. The monoisotopic (exact) mass is 230 g/mol. The van der Waals surface area contributed by atoms with E-state index in [0.29, 0.717) is 24.1 Å². The van der Waals surface area contributed by atoms with E-state index in [4.69, 9.17) is 11.0 Å². The summed E-state index contributed by atoms with van der Waals surface area (Å²) in [6.45, 7) is 3.82. The third-order valence-electron chi connectivity index (χ3n) is 3.59. The predicted octanol–water partition coefficient (Wildman–Crippen LogP) is 1.52. The second-order valence-corrected chi connectivity index (χ2v) is 4.62. The van der Waals surface area contributed by atoms with Crippen molar-refractivity contribution in [1.82, 2.24) is 4.98 Å². The highest BCUT2D eigenvalue weighted by Gasteiger charge is 2.28. The average molecular weight is 230 g/mol. The number of anilines is 1. The minimum Gasteiger partial charge on any atom is -0.365 e. The predicted molar refractivity (Wildman–Crippen MR) is 67.5 cm³/mol. The molecule has 0 radical (unpaired) electrons. The zero-order chi connectivity index (χ0) is 12.3. The van der Waals surface area contributed by atoms with Crippen LogP contribution in [0.3, 0.4) is 0 Å². The molecule has 0 amide bonds. The fourth-order valence-corrected chi connectivity index (χ4v) is 2.62. The largest absolute Gasteiger partial charge is 0.365 e. The van der Waals surface area contributed by atoms with Crippen LogP contribution in [0.15, 0.2) is 18.5 Å². The number of hydrogen-bond donors (Lipinski definition) is 1. The quantitative estimate of drug-likeness (QED) is 0.836. The zero-order valence-corrected chi connectivity index (χ0v) is 10.1. The van der Waals surface area contributed by atoms with Gasteiger partial charge in [-0.3, -0.25) is 4.98 Å². The van der Waals surface area contributed by atoms with E-state index in [2.05, 4.69) is 22.9 Å². The van der Waals surface area contributed by atoms with Gasteiger partial charge in [0.15, 0.2) is 0 Å². The third kappa shape index (κ3) is 2.25. The minimum absolute atomic E-state index is 0.319. The molecule has 17 heavy (non-hydrogen) atoms. The van der Waals surface area contributed by atoms with E-state index >= 15 is 0 Å². The van der Waals surface area contributed by atoms with E-state index in [1.807, 2.05) is 0 Å². The number of nitrogens with zero attached hydrogens (tertiary/aromatic N) is 3. The molecule has 2 N–H and O–H groups in total. The lowest BCUT2D eigenvalue weighted by Crippen LogP contribution is -2.49. The summed E-state index contributed by atoms with van der Waals surface area (Å²) in [6.07, 6.45) is 5.80. The van der Waals surface area contributed by atoms with Crippen molar-refractivity contribution in [2.24, 2.45) is 11.7 Å². The van der Waals surface area contributed by atoms with E-state index in [0.717, 1.165) is 18.7 Å². The molecule has 0 bridgehead atoms. The molecule has 2 atom stereocenters.